The summed E-state index contributed by atoms with van der Waals surface area (Å²) in [6, 6.07) is 0. The van der Waals surface area contributed by atoms with E-state index in [1.807, 2.05) is 0 Å². The van der Waals surface area contributed by atoms with Crippen LogP contribution >= 0.6 is 0 Å². The molecule has 1 rings (SSSR count). The number of aliphatic imine (C=N–C) groups is 1. The highest BCUT2D eigenvalue weighted by Crippen LogP contribution is 2.11. The number of rotatable bonds is 0. The molecule has 0 bridgehead atoms. The Morgan fingerprint density at radius 1 is 1.80 bits per heavy atom. The predicted molar refractivity (Wildman–Crippen MR) is 33.8 cm³/mol. The molecule has 0 saturated carbocycles. The van der Waals surface area contributed by atoms with Crippen LogP contribution in [-0.4, -0.2) is 23.5 Å². The molecule has 54 valence electrons. The van der Waals surface area contributed by atoms with Crippen molar-refractivity contribution in [2.75, 3.05) is 7.05 Å². The summed E-state index contributed by atoms with van der Waals surface area (Å²) in [5.41, 5.74) is 0. The van der Waals surface area contributed by atoms with Crippen LogP contribution in [-0.2, 0) is 0 Å². The van der Waals surface area contributed by atoms with Crippen molar-refractivity contribution in [1.82, 2.24) is 0 Å². The Bertz CT molecular complexity index is 232. The number of carboxylic acid groups (broad SMARTS) is 1. The molecule has 0 aliphatic carbocycles. The highest BCUT2D eigenvalue weighted by molar-refractivity contribution is 5.84. The van der Waals surface area contributed by atoms with Crippen LogP contribution in [0.4, 0.5) is 4.79 Å². The Labute approximate surface area is 58.7 Å². The molecule has 0 N–H and O–H groups in total. The molecule has 4 nitrogen and oxygen atoms in total. The minimum absolute atomic E-state index is 0.333. The van der Waals surface area contributed by atoms with Gasteiger partial charge >= 0.3 is 0 Å². The fraction of sp³-hybridized carbons (Fsp3) is 0.333. The Kier molecular flexibility index (Phi) is 1.33. The number of carbonyl (C=O) groups excluding carboxylic acids is 1. The summed E-state index contributed by atoms with van der Waals surface area (Å²) in [5.74, 6) is 0.514. The first-order chi connectivity index (χ1) is 4.57. The van der Waals surface area contributed by atoms with Crippen molar-refractivity contribution in [3.63, 3.8) is 0 Å². The van der Waals surface area contributed by atoms with Crippen molar-refractivity contribution in [3.05, 3.63) is 12.4 Å². The number of quaternary nitrogens is 1. The van der Waals surface area contributed by atoms with Crippen LogP contribution in [0.2, 0.25) is 0 Å². The third-order valence-corrected chi connectivity index (χ3v) is 1.68. The van der Waals surface area contributed by atoms with E-state index < -0.39 is 6.09 Å². The van der Waals surface area contributed by atoms with Crippen LogP contribution in [0.1, 0.15) is 6.92 Å². The molecule has 4 heteroatoms. The first kappa shape index (κ1) is 6.95. The third kappa shape index (κ3) is 0.733. The van der Waals surface area contributed by atoms with Crippen molar-refractivity contribution < 1.29 is 14.4 Å². The molecule has 0 spiro atoms. The summed E-state index contributed by atoms with van der Waals surface area (Å²) in [6.45, 7) is 1.65. The summed E-state index contributed by atoms with van der Waals surface area (Å²) >= 11 is 0. The van der Waals surface area contributed by atoms with Crippen molar-refractivity contribution >= 4 is 11.9 Å². The molecule has 10 heavy (non-hydrogen) atoms. The highest BCUT2D eigenvalue weighted by Gasteiger charge is 2.29. The van der Waals surface area contributed by atoms with E-state index >= 15 is 0 Å². The number of nitrogens with zero attached hydrogens (tertiary/aromatic N) is 2. The summed E-state index contributed by atoms with van der Waals surface area (Å²) < 4.78 is -0.333. The van der Waals surface area contributed by atoms with Crippen LogP contribution in [0, 0.1) is 0 Å². The van der Waals surface area contributed by atoms with Gasteiger partial charge in [-0.2, -0.15) is 0 Å². The number of carbonyl (C=O) groups is 1. The first-order valence-electron chi connectivity index (χ1n) is 2.88. The monoisotopic (exact) mass is 140 g/mol. The molecule has 0 fully saturated rings. The second-order valence-electron chi connectivity index (χ2n) is 2.32. The van der Waals surface area contributed by atoms with Crippen LogP contribution < -0.4 is 5.11 Å². The fourth-order valence-corrected chi connectivity index (χ4v) is 0.695. The molecular formula is C6H8N2O2. The average Bonchev–Trinajstić information content (AvgIpc) is 2.15. The molecule has 1 atom stereocenters. The van der Waals surface area contributed by atoms with Gasteiger partial charge in [0.25, 0.3) is 6.09 Å². The number of amidine groups is 1. The summed E-state index contributed by atoms with van der Waals surface area (Å²) in [6.07, 6.45) is 1.77. The lowest BCUT2D eigenvalue weighted by Gasteiger charge is -2.24. The zero-order valence-corrected chi connectivity index (χ0v) is 5.87. The molecule has 1 heterocycles. The highest BCUT2D eigenvalue weighted by atomic mass is 16.4. The van der Waals surface area contributed by atoms with E-state index in [2.05, 4.69) is 4.99 Å². The van der Waals surface area contributed by atoms with Crippen molar-refractivity contribution in [2.24, 2.45) is 4.99 Å². The molecule has 0 aromatic heterocycles. The Morgan fingerprint density at radius 2 is 2.40 bits per heavy atom. The number of hydrogen-bond donors (Lipinski definition) is 0. The molecule has 1 amide bonds. The SMILES string of the molecule is CC1=NC=C[N+]1(C)C(=O)[O-]. The van der Waals surface area contributed by atoms with Crippen molar-refractivity contribution in [3.8, 4) is 0 Å². The summed E-state index contributed by atoms with van der Waals surface area (Å²) in [5, 5.41) is 10.5. The molecule has 0 aromatic rings. The van der Waals surface area contributed by atoms with Crippen LogP contribution in [0.5, 0.6) is 0 Å². The maximum Gasteiger partial charge on any atom is 0.268 e. The molecule has 1 unspecified atom stereocenters. The minimum Gasteiger partial charge on any atom is -0.498 e. The van der Waals surface area contributed by atoms with E-state index in [4.69, 9.17) is 0 Å². The van der Waals surface area contributed by atoms with E-state index in [9.17, 15) is 9.90 Å². The fourth-order valence-electron chi connectivity index (χ4n) is 0.695. The second-order valence-corrected chi connectivity index (χ2v) is 2.32. The zero-order valence-electron chi connectivity index (χ0n) is 5.87. The van der Waals surface area contributed by atoms with Crippen LogP contribution in [0.15, 0.2) is 17.4 Å². The predicted octanol–water partition coefficient (Wildman–Crippen LogP) is -0.321. The lowest BCUT2D eigenvalue weighted by molar-refractivity contribution is -0.716. The van der Waals surface area contributed by atoms with Gasteiger partial charge in [0, 0.05) is 6.92 Å². The van der Waals surface area contributed by atoms with Crippen LogP contribution in [0.25, 0.3) is 0 Å². The largest absolute Gasteiger partial charge is 0.498 e. The van der Waals surface area contributed by atoms with Gasteiger partial charge in [-0.05, 0) is 0 Å². The topological polar surface area (TPSA) is 52.5 Å². The van der Waals surface area contributed by atoms with Crippen LogP contribution in [0.3, 0.4) is 0 Å². The van der Waals surface area contributed by atoms with Crippen molar-refractivity contribution in [1.29, 1.82) is 0 Å². The van der Waals surface area contributed by atoms with Gasteiger partial charge < -0.3 is 9.90 Å². The van der Waals surface area contributed by atoms with E-state index in [-0.39, 0.29) is 4.48 Å². The Balaban J connectivity index is 3.00. The van der Waals surface area contributed by atoms with E-state index in [1.165, 1.54) is 19.4 Å². The smallest absolute Gasteiger partial charge is 0.268 e. The molecule has 0 radical (unpaired) electrons. The summed E-state index contributed by atoms with van der Waals surface area (Å²) in [7, 11) is 1.51. The van der Waals surface area contributed by atoms with Gasteiger partial charge in [0.2, 0.25) is 5.84 Å². The van der Waals surface area contributed by atoms with Gasteiger partial charge in [0.1, 0.15) is 6.20 Å². The van der Waals surface area contributed by atoms with E-state index in [1.54, 1.807) is 6.92 Å². The lowest BCUT2D eigenvalue weighted by atomic mass is 10.5. The molecule has 0 aromatic carbocycles. The standard InChI is InChI=1S/C6H8N2O2/c1-5-7-3-4-8(5,2)6(9)10/h3-4H,1-2H3. The van der Waals surface area contributed by atoms with Gasteiger partial charge in [-0.1, -0.05) is 0 Å². The molecule has 1 aliphatic rings. The Hall–Kier alpha value is -1.16. The maximum atomic E-state index is 10.5. The normalized spacial score (nSPS) is 30.4. The molecule has 0 saturated heterocycles. The van der Waals surface area contributed by atoms with Gasteiger partial charge in [-0.3, -0.25) is 0 Å². The van der Waals surface area contributed by atoms with E-state index in [0.717, 1.165) is 0 Å². The van der Waals surface area contributed by atoms with Gasteiger partial charge in [0.05, 0.1) is 13.2 Å². The van der Waals surface area contributed by atoms with Gasteiger partial charge in [-0.15, -0.1) is 0 Å². The quantitative estimate of drug-likeness (QED) is 0.433. The van der Waals surface area contributed by atoms with Gasteiger partial charge in [-0.25, -0.2) is 9.48 Å². The number of hydrogen-bond acceptors (Lipinski definition) is 3. The van der Waals surface area contributed by atoms with E-state index in [0.29, 0.717) is 5.84 Å². The van der Waals surface area contributed by atoms with Gasteiger partial charge in [0.15, 0.2) is 0 Å². The third-order valence-electron chi connectivity index (χ3n) is 1.68. The second kappa shape index (κ2) is 1.91. The lowest BCUT2D eigenvalue weighted by Crippen LogP contribution is -2.53. The molecular weight excluding hydrogens is 132 g/mol. The zero-order chi connectivity index (χ0) is 7.78. The van der Waals surface area contributed by atoms with Crippen molar-refractivity contribution in [2.45, 2.75) is 6.92 Å². The first-order valence-corrected chi connectivity index (χ1v) is 2.88. The Morgan fingerprint density at radius 3 is 2.60 bits per heavy atom. The number of amides is 1. The maximum absolute atomic E-state index is 10.5. The average molecular weight is 140 g/mol. The minimum atomic E-state index is -1.16. The molecule has 1 aliphatic heterocycles. The summed E-state index contributed by atoms with van der Waals surface area (Å²) in [4.78, 5) is 14.3.